The lowest BCUT2D eigenvalue weighted by Gasteiger charge is -2.11. The van der Waals surface area contributed by atoms with Crippen molar-refractivity contribution in [3.63, 3.8) is 0 Å². The zero-order valence-electron chi connectivity index (χ0n) is 18.5. The maximum Gasteiger partial charge on any atom is 0.250 e. The highest BCUT2D eigenvalue weighted by Crippen LogP contribution is 2.24. The molecule has 0 amide bonds. The molecule has 0 fully saturated rings. The minimum Gasteiger partial charge on any atom is -0.459 e. The van der Waals surface area contributed by atoms with Gasteiger partial charge in [-0.2, -0.15) is 0 Å². The lowest BCUT2D eigenvalue weighted by atomic mass is 10.1. The number of benzene rings is 2. The zero-order chi connectivity index (χ0) is 22.3. The highest BCUT2D eigenvalue weighted by Gasteiger charge is 2.10. The number of nitrogens with zero attached hydrogens (tertiary/aromatic N) is 2. The van der Waals surface area contributed by atoms with Gasteiger partial charge >= 0.3 is 0 Å². The first-order chi connectivity index (χ1) is 15.6. The SMILES string of the molecule is CCNC(=NCc1ccc(Cn2ccccc2=O)cc1)NCc1oc2ccccc2c1C. The van der Waals surface area contributed by atoms with Gasteiger partial charge in [-0.1, -0.05) is 48.5 Å². The summed E-state index contributed by atoms with van der Waals surface area (Å²) in [7, 11) is 0. The number of hydrogen-bond acceptors (Lipinski definition) is 3. The van der Waals surface area contributed by atoms with Crippen LogP contribution in [0.25, 0.3) is 11.0 Å². The second-order valence-electron chi connectivity index (χ2n) is 7.68. The van der Waals surface area contributed by atoms with E-state index in [1.807, 2.05) is 43.3 Å². The molecule has 4 aromatic rings. The molecule has 2 heterocycles. The first-order valence-electron chi connectivity index (χ1n) is 10.9. The highest BCUT2D eigenvalue weighted by atomic mass is 16.3. The summed E-state index contributed by atoms with van der Waals surface area (Å²) in [6.45, 7) is 6.58. The van der Waals surface area contributed by atoms with Crippen LogP contribution in [-0.4, -0.2) is 17.1 Å². The normalized spacial score (nSPS) is 11.6. The van der Waals surface area contributed by atoms with Crippen LogP contribution in [0.5, 0.6) is 0 Å². The van der Waals surface area contributed by atoms with Gasteiger partial charge in [0.1, 0.15) is 11.3 Å². The van der Waals surface area contributed by atoms with Crippen LogP contribution in [0.15, 0.2) is 87.1 Å². The van der Waals surface area contributed by atoms with Crippen molar-refractivity contribution in [2.45, 2.75) is 33.5 Å². The third kappa shape index (κ3) is 5.09. The van der Waals surface area contributed by atoms with E-state index < -0.39 is 0 Å². The lowest BCUT2D eigenvalue weighted by molar-refractivity contribution is 0.534. The fourth-order valence-corrected chi connectivity index (χ4v) is 3.61. The smallest absolute Gasteiger partial charge is 0.250 e. The van der Waals surface area contributed by atoms with Crippen LogP contribution in [0.4, 0.5) is 0 Å². The maximum atomic E-state index is 11.9. The maximum absolute atomic E-state index is 11.9. The van der Waals surface area contributed by atoms with E-state index in [2.05, 4.69) is 35.8 Å². The molecule has 32 heavy (non-hydrogen) atoms. The van der Waals surface area contributed by atoms with Gasteiger partial charge in [0.25, 0.3) is 5.56 Å². The Bertz CT molecular complexity index is 1270. The number of rotatable bonds is 7. The van der Waals surface area contributed by atoms with Crippen molar-refractivity contribution in [2.75, 3.05) is 6.54 Å². The van der Waals surface area contributed by atoms with Crippen molar-refractivity contribution in [1.29, 1.82) is 0 Å². The minimum atomic E-state index is 0.00206. The molecule has 0 aliphatic rings. The van der Waals surface area contributed by atoms with Gasteiger partial charge in [-0.3, -0.25) is 4.79 Å². The molecule has 0 saturated heterocycles. The van der Waals surface area contributed by atoms with E-state index in [1.54, 1.807) is 22.9 Å². The van der Waals surface area contributed by atoms with Gasteiger partial charge in [0, 0.05) is 29.8 Å². The number of guanidine groups is 1. The van der Waals surface area contributed by atoms with Crippen LogP contribution < -0.4 is 16.2 Å². The predicted molar refractivity (Wildman–Crippen MR) is 129 cm³/mol. The van der Waals surface area contributed by atoms with Gasteiger partial charge in [0.15, 0.2) is 5.96 Å². The van der Waals surface area contributed by atoms with Crippen LogP contribution in [0.2, 0.25) is 0 Å². The number of aryl methyl sites for hydroxylation is 1. The van der Waals surface area contributed by atoms with E-state index in [4.69, 9.17) is 9.41 Å². The number of fused-ring (bicyclic) bond motifs is 1. The van der Waals surface area contributed by atoms with Gasteiger partial charge < -0.3 is 19.6 Å². The van der Waals surface area contributed by atoms with Crippen molar-refractivity contribution in [1.82, 2.24) is 15.2 Å². The second kappa shape index (κ2) is 10.0. The fourth-order valence-electron chi connectivity index (χ4n) is 3.61. The van der Waals surface area contributed by atoms with Gasteiger partial charge in [-0.15, -0.1) is 0 Å². The summed E-state index contributed by atoms with van der Waals surface area (Å²) in [5.74, 6) is 1.66. The average molecular weight is 429 g/mol. The van der Waals surface area contributed by atoms with E-state index >= 15 is 0 Å². The topological polar surface area (TPSA) is 71.6 Å². The summed E-state index contributed by atoms with van der Waals surface area (Å²) in [6, 6.07) is 21.5. The number of aromatic nitrogens is 1. The Morgan fingerprint density at radius 1 is 0.969 bits per heavy atom. The van der Waals surface area contributed by atoms with Gasteiger partial charge in [0.2, 0.25) is 0 Å². The highest BCUT2D eigenvalue weighted by molar-refractivity contribution is 5.83. The molecule has 0 bridgehead atoms. The van der Waals surface area contributed by atoms with E-state index in [0.717, 1.165) is 45.9 Å². The summed E-state index contributed by atoms with van der Waals surface area (Å²) in [5.41, 5.74) is 4.24. The Kier molecular flexibility index (Phi) is 6.70. The molecule has 0 radical (unpaired) electrons. The molecule has 0 aliphatic heterocycles. The largest absolute Gasteiger partial charge is 0.459 e. The van der Waals surface area contributed by atoms with Crippen molar-refractivity contribution in [2.24, 2.45) is 4.99 Å². The Labute approximate surface area is 187 Å². The number of aliphatic imine (C=N–C) groups is 1. The third-order valence-electron chi connectivity index (χ3n) is 5.40. The summed E-state index contributed by atoms with van der Waals surface area (Å²) >= 11 is 0. The summed E-state index contributed by atoms with van der Waals surface area (Å²) < 4.78 is 7.69. The molecule has 2 aromatic heterocycles. The Morgan fingerprint density at radius 3 is 2.47 bits per heavy atom. The van der Waals surface area contributed by atoms with Crippen molar-refractivity contribution < 1.29 is 4.42 Å². The average Bonchev–Trinajstić information content (AvgIpc) is 3.14. The number of furan rings is 1. The molecular formula is C26H28N4O2. The monoisotopic (exact) mass is 428 g/mol. The summed E-state index contributed by atoms with van der Waals surface area (Å²) in [5, 5.41) is 7.79. The number of nitrogens with one attached hydrogen (secondary N) is 2. The van der Waals surface area contributed by atoms with Gasteiger partial charge in [-0.25, -0.2) is 4.99 Å². The van der Waals surface area contributed by atoms with Crippen LogP contribution in [-0.2, 0) is 19.6 Å². The van der Waals surface area contributed by atoms with Gasteiger partial charge in [0.05, 0.1) is 19.6 Å². The van der Waals surface area contributed by atoms with E-state index in [9.17, 15) is 4.79 Å². The molecule has 164 valence electrons. The Balaban J connectivity index is 1.39. The lowest BCUT2D eigenvalue weighted by Crippen LogP contribution is -2.36. The van der Waals surface area contributed by atoms with Crippen LogP contribution >= 0.6 is 0 Å². The van der Waals surface area contributed by atoms with Gasteiger partial charge in [-0.05, 0) is 37.1 Å². The van der Waals surface area contributed by atoms with Crippen molar-refractivity contribution in [3.05, 3.63) is 106 Å². The van der Waals surface area contributed by atoms with E-state index in [1.165, 1.54) is 0 Å². The summed E-state index contributed by atoms with van der Waals surface area (Å²) in [4.78, 5) is 16.6. The Morgan fingerprint density at radius 2 is 1.72 bits per heavy atom. The zero-order valence-corrected chi connectivity index (χ0v) is 18.5. The molecule has 0 aliphatic carbocycles. The molecular weight excluding hydrogens is 400 g/mol. The molecule has 0 saturated carbocycles. The standard InChI is InChI=1S/C26H28N4O2/c1-3-27-26(29-17-24-19(2)22-8-4-5-9-23(22)32-24)28-16-20-11-13-21(14-12-20)18-30-15-7-6-10-25(30)31/h4-15H,3,16-18H2,1-2H3,(H2,27,28,29). The molecule has 6 heteroatoms. The number of hydrogen-bond donors (Lipinski definition) is 2. The summed E-state index contributed by atoms with van der Waals surface area (Å²) in [6.07, 6.45) is 1.80. The first-order valence-corrected chi connectivity index (χ1v) is 10.9. The number of para-hydroxylation sites is 1. The second-order valence-corrected chi connectivity index (χ2v) is 7.68. The molecule has 2 aromatic carbocycles. The molecule has 6 nitrogen and oxygen atoms in total. The molecule has 4 rings (SSSR count). The van der Waals surface area contributed by atoms with Crippen molar-refractivity contribution in [3.8, 4) is 0 Å². The quantitative estimate of drug-likeness (QED) is 0.342. The fraction of sp³-hybridized carbons (Fsp3) is 0.231. The van der Waals surface area contributed by atoms with E-state index in [0.29, 0.717) is 19.6 Å². The first kappa shape index (κ1) is 21.4. The minimum absolute atomic E-state index is 0.00206. The Hall–Kier alpha value is -3.80. The predicted octanol–water partition coefficient (Wildman–Crippen LogP) is 4.21. The van der Waals surface area contributed by atoms with Crippen LogP contribution in [0.3, 0.4) is 0 Å². The molecule has 0 unspecified atom stereocenters. The molecule has 2 N–H and O–H groups in total. The number of pyridine rings is 1. The third-order valence-corrected chi connectivity index (χ3v) is 5.40. The molecule has 0 spiro atoms. The van der Waals surface area contributed by atoms with Crippen LogP contribution in [0, 0.1) is 6.92 Å². The van der Waals surface area contributed by atoms with E-state index in [-0.39, 0.29) is 5.56 Å². The van der Waals surface area contributed by atoms with Crippen molar-refractivity contribution >= 4 is 16.9 Å². The molecule has 0 atom stereocenters. The van der Waals surface area contributed by atoms with Crippen LogP contribution in [0.1, 0.15) is 29.4 Å².